The molecule has 0 bridgehead atoms. The maximum absolute atomic E-state index is 13.4. The van der Waals surface area contributed by atoms with E-state index in [1.807, 2.05) is 0 Å². The fourth-order valence-electron chi connectivity index (χ4n) is 1.53. The van der Waals surface area contributed by atoms with Crippen LogP contribution in [0.2, 0.25) is 0 Å². The molecule has 0 atom stereocenters. The minimum absolute atomic E-state index is 0.0588. The van der Waals surface area contributed by atoms with Gasteiger partial charge in [-0.3, -0.25) is 0 Å². The molecule has 0 aromatic rings. The van der Waals surface area contributed by atoms with Gasteiger partial charge in [0.15, 0.2) is 0 Å². The molecular weight excluding hydrogens is 433 g/mol. The average molecular weight is 448 g/mol. The van der Waals surface area contributed by atoms with Crippen LogP contribution in [0.15, 0.2) is 0 Å². The molecule has 0 aliphatic heterocycles. The van der Waals surface area contributed by atoms with Crippen molar-refractivity contribution < 1.29 is 61.2 Å². The van der Waals surface area contributed by atoms with Gasteiger partial charge < -0.3 is 9.21 Å². The number of hydrogen-bond donors (Lipinski definition) is 0. The highest BCUT2D eigenvalue weighted by atomic mass is 32.2. The summed E-state index contributed by atoms with van der Waals surface area (Å²) < 4.78 is 165. The Balaban J connectivity index is 5.76. The third-order valence-corrected chi connectivity index (χ3v) is 4.51. The van der Waals surface area contributed by atoms with Gasteiger partial charge in [-0.2, -0.15) is 48.3 Å². The normalized spacial score (nSPS) is 15.9. The maximum atomic E-state index is 13.4. The molecule has 0 aliphatic carbocycles. The Kier molecular flexibility index (Phi) is 6.93. The van der Waals surface area contributed by atoms with Crippen LogP contribution in [0.4, 0.5) is 48.3 Å². The highest BCUT2D eigenvalue weighted by Gasteiger charge is 2.88. The predicted octanol–water partition coefficient (Wildman–Crippen LogP) is 3.85. The van der Waals surface area contributed by atoms with Crippen molar-refractivity contribution in [1.29, 1.82) is 0 Å². The summed E-state index contributed by atoms with van der Waals surface area (Å²) in [7, 11) is -2.21. The van der Waals surface area contributed by atoms with Crippen molar-refractivity contribution in [3.8, 4) is 0 Å². The maximum Gasteiger partial charge on any atom is 0.460 e. The van der Waals surface area contributed by atoms with Crippen LogP contribution >= 0.6 is 0 Å². The van der Waals surface area contributed by atoms with Gasteiger partial charge in [0.25, 0.3) is 0 Å². The first-order valence-electron chi connectivity index (χ1n) is 6.77. The number of sulfonamides is 1. The zero-order chi connectivity index (χ0) is 22.3. The van der Waals surface area contributed by atoms with Gasteiger partial charge in [0.05, 0.1) is 27.7 Å². The molecule has 0 N–H and O–H groups in total. The standard InChI is InChI=1S/C11H15F11N2O2S/c1-24(2,3)6-4-5-23-27(25,26)11(21,22)9(16,17)7(12,13)8(14,15)10(18,19)20/h4-6H2,1-3H3. The van der Waals surface area contributed by atoms with Crippen LogP contribution in [0, 0.1) is 0 Å². The summed E-state index contributed by atoms with van der Waals surface area (Å²) in [6.07, 6.45) is -7.68. The number of hydrogen-bond acceptors (Lipinski definition) is 2. The molecule has 0 spiro atoms. The second kappa shape index (κ2) is 7.17. The quantitative estimate of drug-likeness (QED) is 0.306. The lowest BCUT2D eigenvalue weighted by Gasteiger charge is -2.39. The van der Waals surface area contributed by atoms with E-state index in [1.54, 1.807) is 21.1 Å². The second-order valence-corrected chi connectivity index (χ2v) is 8.15. The van der Waals surface area contributed by atoms with Crippen LogP contribution in [0.25, 0.3) is 4.72 Å². The largest absolute Gasteiger partial charge is 0.543 e. The van der Waals surface area contributed by atoms with Crippen molar-refractivity contribution in [1.82, 2.24) is 0 Å². The van der Waals surface area contributed by atoms with Crippen molar-refractivity contribution >= 4 is 10.0 Å². The highest BCUT2D eigenvalue weighted by Crippen LogP contribution is 2.58. The van der Waals surface area contributed by atoms with E-state index in [2.05, 4.69) is 4.72 Å². The Morgan fingerprint density at radius 3 is 1.48 bits per heavy atom. The molecule has 27 heavy (non-hydrogen) atoms. The molecule has 0 rings (SSSR count). The second-order valence-electron chi connectivity index (χ2n) is 6.43. The van der Waals surface area contributed by atoms with Gasteiger partial charge in [0.1, 0.15) is 10.0 Å². The van der Waals surface area contributed by atoms with Crippen LogP contribution in [0.5, 0.6) is 0 Å². The van der Waals surface area contributed by atoms with Crippen molar-refractivity contribution in [2.45, 2.75) is 35.6 Å². The third kappa shape index (κ3) is 4.75. The lowest BCUT2D eigenvalue weighted by Crippen LogP contribution is -2.67. The zero-order valence-corrected chi connectivity index (χ0v) is 14.7. The summed E-state index contributed by atoms with van der Waals surface area (Å²) in [6, 6.07) is 0. The first-order valence-corrected chi connectivity index (χ1v) is 8.21. The molecule has 0 aliphatic rings. The minimum Gasteiger partial charge on any atom is -0.543 e. The van der Waals surface area contributed by atoms with Crippen LogP contribution in [-0.4, -0.2) is 76.3 Å². The van der Waals surface area contributed by atoms with E-state index in [0.29, 0.717) is 0 Å². The van der Waals surface area contributed by atoms with Crippen LogP contribution in [-0.2, 0) is 10.0 Å². The lowest BCUT2D eigenvalue weighted by molar-refractivity contribution is -0.870. The molecular formula is C11H15F11N2O2S. The Labute approximate surface area is 146 Å². The molecule has 0 unspecified atom stereocenters. The number of quaternary nitrogens is 1. The summed E-state index contributed by atoms with van der Waals surface area (Å²) in [6.45, 7) is -1.05. The molecule has 0 aromatic heterocycles. The minimum atomic E-state index is -7.79. The van der Waals surface area contributed by atoms with Gasteiger partial charge in [-0.25, -0.2) is 8.42 Å². The molecule has 16 heteroatoms. The Hall–Kier alpha value is -0.900. The molecule has 0 fully saturated rings. The van der Waals surface area contributed by atoms with E-state index in [-0.39, 0.29) is 17.4 Å². The monoisotopic (exact) mass is 448 g/mol. The van der Waals surface area contributed by atoms with Crippen molar-refractivity contribution in [2.24, 2.45) is 0 Å². The zero-order valence-electron chi connectivity index (χ0n) is 13.9. The van der Waals surface area contributed by atoms with E-state index in [9.17, 15) is 56.7 Å². The van der Waals surface area contributed by atoms with E-state index < -0.39 is 45.8 Å². The summed E-state index contributed by atoms with van der Waals surface area (Å²) in [5.74, 6) is -23.1. The van der Waals surface area contributed by atoms with Crippen LogP contribution in [0.3, 0.4) is 0 Å². The number of rotatable bonds is 9. The third-order valence-electron chi connectivity index (χ3n) is 3.08. The van der Waals surface area contributed by atoms with Gasteiger partial charge in [-0.05, 0) is 6.42 Å². The molecule has 0 saturated carbocycles. The molecule has 0 saturated heterocycles. The van der Waals surface area contributed by atoms with Gasteiger partial charge in [0.2, 0.25) is 0 Å². The topological polar surface area (TPSA) is 48.2 Å². The van der Waals surface area contributed by atoms with E-state index in [0.717, 1.165) is 0 Å². The van der Waals surface area contributed by atoms with E-state index >= 15 is 0 Å². The first kappa shape index (κ1) is 26.1. The predicted molar refractivity (Wildman–Crippen MR) is 70.5 cm³/mol. The lowest BCUT2D eigenvalue weighted by atomic mass is 10.0. The smallest absolute Gasteiger partial charge is 0.460 e. The Morgan fingerprint density at radius 1 is 0.741 bits per heavy atom. The molecule has 0 amide bonds. The summed E-state index contributed by atoms with van der Waals surface area (Å²) in [5.41, 5.74) is 0. The summed E-state index contributed by atoms with van der Waals surface area (Å²) in [4.78, 5) is 0. The van der Waals surface area contributed by atoms with Crippen molar-refractivity contribution in [2.75, 3.05) is 34.2 Å². The molecule has 4 nitrogen and oxygen atoms in total. The fourth-order valence-corrected chi connectivity index (χ4v) is 2.51. The summed E-state index contributed by atoms with van der Waals surface area (Å²) in [5, 5.41) is -7.03. The number of alkyl halides is 11. The van der Waals surface area contributed by atoms with Crippen LogP contribution < -0.4 is 0 Å². The Morgan fingerprint density at radius 2 is 1.15 bits per heavy atom. The van der Waals surface area contributed by atoms with Crippen LogP contribution in [0.1, 0.15) is 6.42 Å². The molecule has 0 heterocycles. The number of halogens is 11. The summed E-state index contributed by atoms with van der Waals surface area (Å²) >= 11 is 0. The van der Waals surface area contributed by atoms with Gasteiger partial charge in [-0.1, -0.05) is 0 Å². The molecule has 164 valence electrons. The first-order chi connectivity index (χ1) is 11.5. The average Bonchev–Trinajstić information content (AvgIpc) is 2.40. The van der Waals surface area contributed by atoms with E-state index in [4.69, 9.17) is 0 Å². The Bertz CT molecular complexity index is 623. The molecule has 0 aromatic carbocycles. The SMILES string of the molecule is C[N+](C)(C)CCC[N-]S(=O)(=O)C(F)(F)C(F)(F)C(F)(F)C(F)(F)C(F)(F)F. The molecule has 0 radical (unpaired) electrons. The number of nitrogens with zero attached hydrogens (tertiary/aromatic N) is 2. The van der Waals surface area contributed by atoms with Gasteiger partial charge in [-0.15, -0.1) is 6.54 Å². The van der Waals surface area contributed by atoms with Crippen molar-refractivity contribution in [3.63, 3.8) is 0 Å². The van der Waals surface area contributed by atoms with E-state index in [1.165, 1.54) is 0 Å². The van der Waals surface area contributed by atoms with Gasteiger partial charge >= 0.3 is 29.2 Å². The fraction of sp³-hybridized carbons (Fsp3) is 1.00. The highest BCUT2D eigenvalue weighted by molar-refractivity contribution is 7.95. The van der Waals surface area contributed by atoms with Crippen molar-refractivity contribution in [3.05, 3.63) is 4.72 Å². The van der Waals surface area contributed by atoms with Gasteiger partial charge in [0, 0.05) is 0 Å².